The molecule has 0 spiro atoms. The average molecular weight is 173 g/mol. The molecule has 0 radical (unpaired) electrons. The highest BCUT2D eigenvalue weighted by Gasteiger charge is 2.19. The molecule has 1 aliphatic carbocycles. The van der Waals surface area contributed by atoms with Gasteiger partial charge in [-0.2, -0.15) is 0 Å². The van der Waals surface area contributed by atoms with Gasteiger partial charge in [0.05, 0.1) is 6.04 Å². The van der Waals surface area contributed by atoms with E-state index in [1.54, 1.807) is 0 Å². The maximum atomic E-state index is 3.41. The van der Waals surface area contributed by atoms with Gasteiger partial charge in [-0.15, -0.1) is 0 Å². The van der Waals surface area contributed by atoms with E-state index in [4.69, 9.17) is 0 Å². The van der Waals surface area contributed by atoms with Crippen molar-refractivity contribution in [1.82, 2.24) is 5.32 Å². The molecule has 0 saturated heterocycles. The molecule has 1 aliphatic rings. The second-order valence-corrected chi connectivity index (χ2v) is 3.46. The van der Waals surface area contributed by atoms with Gasteiger partial charge in [0.25, 0.3) is 0 Å². The fraction of sp³-hybridized carbons (Fsp3) is 0.333. The van der Waals surface area contributed by atoms with Crippen LogP contribution in [0.5, 0.6) is 0 Å². The zero-order valence-electron chi connectivity index (χ0n) is 7.96. The van der Waals surface area contributed by atoms with E-state index >= 15 is 0 Å². The van der Waals surface area contributed by atoms with Crippen LogP contribution in [0.15, 0.2) is 36.5 Å². The van der Waals surface area contributed by atoms with Gasteiger partial charge >= 0.3 is 0 Å². The van der Waals surface area contributed by atoms with Gasteiger partial charge < -0.3 is 5.32 Å². The molecule has 1 unspecified atom stereocenters. The fourth-order valence-electron chi connectivity index (χ4n) is 1.94. The Hall–Kier alpha value is -1.24. The number of hydrogen-bond acceptors (Lipinski definition) is 1. The first-order valence-electron chi connectivity index (χ1n) is 4.87. The van der Waals surface area contributed by atoms with Gasteiger partial charge in [0.2, 0.25) is 0 Å². The zero-order valence-corrected chi connectivity index (χ0v) is 7.96. The Morgan fingerprint density at radius 3 is 3.08 bits per heavy atom. The maximum Gasteiger partial charge on any atom is 0.0514 e. The van der Waals surface area contributed by atoms with E-state index in [1.807, 2.05) is 19.2 Å². The second kappa shape index (κ2) is 3.65. The number of fused-ring (bicyclic) bond motifs is 1. The normalized spacial score (nSPS) is 20.5. The molecule has 68 valence electrons. The molecule has 1 aromatic rings. The summed E-state index contributed by atoms with van der Waals surface area (Å²) in [5.41, 5.74) is 2.98. The third-order valence-corrected chi connectivity index (χ3v) is 2.60. The van der Waals surface area contributed by atoms with Gasteiger partial charge in [0.15, 0.2) is 0 Å². The Labute approximate surface area is 79.5 Å². The van der Waals surface area contributed by atoms with Crippen LogP contribution in [0.25, 0.3) is 0 Å². The lowest BCUT2D eigenvalue weighted by Crippen LogP contribution is -2.11. The molecule has 13 heavy (non-hydrogen) atoms. The average Bonchev–Trinajstić information content (AvgIpc) is 2.58. The van der Waals surface area contributed by atoms with E-state index in [0.717, 1.165) is 0 Å². The highest BCUT2D eigenvalue weighted by molar-refractivity contribution is 5.34. The summed E-state index contributed by atoms with van der Waals surface area (Å²) in [6.07, 6.45) is 6.52. The molecule has 0 bridgehead atoms. The number of nitrogens with one attached hydrogen (secondary N) is 1. The number of allylic oxidation sites excluding steroid dienone is 1. The Bertz CT molecular complexity index is 315. The molecule has 1 nitrogen and oxygen atoms in total. The zero-order chi connectivity index (χ0) is 9.10. The third kappa shape index (κ3) is 1.59. The lowest BCUT2D eigenvalue weighted by molar-refractivity contribution is 0.616. The number of rotatable bonds is 2. The van der Waals surface area contributed by atoms with E-state index in [1.165, 1.54) is 24.0 Å². The van der Waals surface area contributed by atoms with Gasteiger partial charge in [0, 0.05) is 0 Å². The summed E-state index contributed by atoms with van der Waals surface area (Å²) in [5, 5.41) is 3.41. The fourth-order valence-corrected chi connectivity index (χ4v) is 1.94. The SMILES string of the molecule is CC=CNC1CCc2ccccc21. The van der Waals surface area contributed by atoms with Crippen LogP contribution in [0.4, 0.5) is 0 Å². The Kier molecular flexibility index (Phi) is 2.35. The Balaban J connectivity index is 2.18. The lowest BCUT2D eigenvalue weighted by atomic mass is 10.1. The minimum Gasteiger partial charge on any atom is -0.384 e. The van der Waals surface area contributed by atoms with Gasteiger partial charge in [-0.1, -0.05) is 30.3 Å². The highest BCUT2D eigenvalue weighted by Crippen LogP contribution is 2.30. The molecule has 2 rings (SSSR count). The molecule has 1 atom stereocenters. The van der Waals surface area contributed by atoms with Crippen molar-refractivity contribution in [3.8, 4) is 0 Å². The van der Waals surface area contributed by atoms with Crippen LogP contribution in [0, 0.1) is 0 Å². The standard InChI is InChI=1S/C12H15N/c1-2-9-13-12-8-7-10-5-3-4-6-11(10)12/h2-6,9,12-13H,7-8H2,1H3. The molecule has 1 aromatic carbocycles. The van der Waals surface area contributed by atoms with E-state index in [0.29, 0.717) is 6.04 Å². The van der Waals surface area contributed by atoms with Gasteiger partial charge in [-0.3, -0.25) is 0 Å². The van der Waals surface area contributed by atoms with Crippen LogP contribution in [-0.2, 0) is 6.42 Å². The summed E-state index contributed by atoms with van der Waals surface area (Å²) in [7, 11) is 0. The van der Waals surface area contributed by atoms with Crippen molar-refractivity contribution in [3.63, 3.8) is 0 Å². The molecular weight excluding hydrogens is 158 g/mol. The molecule has 1 heteroatoms. The molecule has 0 amide bonds. The first-order chi connectivity index (χ1) is 6.42. The van der Waals surface area contributed by atoms with Crippen LogP contribution in [-0.4, -0.2) is 0 Å². The molecule has 0 heterocycles. The van der Waals surface area contributed by atoms with Crippen molar-refractivity contribution in [3.05, 3.63) is 47.7 Å². The van der Waals surface area contributed by atoms with E-state index in [9.17, 15) is 0 Å². The van der Waals surface area contributed by atoms with Crippen LogP contribution < -0.4 is 5.32 Å². The Morgan fingerprint density at radius 1 is 1.38 bits per heavy atom. The van der Waals surface area contributed by atoms with E-state index in [2.05, 4.69) is 29.6 Å². The second-order valence-electron chi connectivity index (χ2n) is 3.46. The summed E-state index contributed by atoms with van der Waals surface area (Å²) < 4.78 is 0. The molecule has 0 fully saturated rings. The topological polar surface area (TPSA) is 12.0 Å². The summed E-state index contributed by atoms with van der Waals surface area (Å²) in [4.78, 5) is 0. The van der Waals surface area contributed by atoms with Crippen LogP contribution in [0.3, 0.4) is 0 Å². The Morgan fingerprint density at radius 2 is 2.23 bits per heavy atom. The monoisotopic (exact) mass is 173 g/mol. The molecule has 0 aromatic heterocycles. The number of aryl methyl sites for hydroxylation is 1. The summed E-state index contributed by atoms with van der Waals surface area (Å²) in [6.45, 7) is 2.04. The first-order valence-corrected chi connectivity index (χ1v) is 4.87. The van der Waals surface area contributed by atoms with E-state index < -0.39 is 0 Å². The van der Waals surface area contributed by atoms with E-state index in [-0.39, 0.29) is 0 Å². The smallest absolute Gasteiger partial charge is 0.0514 e. The molecule has 0 aliphatic heterocycles. The summed E-state index contributed by atoms with van der Waals surface area (Å²) >= 11 is 0. The van der Waals surface area contributed by atoms with Gasteiger partial charge in [-0.05, 0) is 37.1 Å². The quantitative estimate of drug-likeness (QED) is 0.725. The third-order valence-electron chi connectivity index (χ3n) is 2.60. The number of hydrogen-bond donors (Lipinski definition) is 1. The van der Waals surface area contributed by atoms with Gasteiger partial charge in [0.1, 0.15) is 0 Å². The first kappa shape index (κ1) is 8.36. The van der Waals surface area contributed by atoms with Crippen molar-refractivity contribution < 1.29 is 0 Å². The minimum absolute atomic E-state index is 0.535. The van der Waals surface area contributed by atoms with Crippen molar-refractivity contribution in [2.24, 2.45) is 0 Å². The van der Waals surface area contributed by atoms with Crippen LogP contribution >= 0.6 is 0 Å². The summed E-state index contributed by atoms with van der Waals surface area (Å²) in [5.74, 6) is 0. The molecule has 1 N–H and O–H groups in total. The predicted molar refractivity (Wildman–Crippen MR) is 55.5 cm³/mol. The van der Waals surface area contributed by atoms with Crippen molar-refractivity contribution in [2.75, 3.05) is 0 Å². The van der Waals surface area contributed by atoms with Crippen LogP contribution in [0.2, 0.25) is 0 Å². The lowest BCUT2D eigenvalue weighted by Gasteiger charge is -2.10. The van der Waals surface area contributed by atoms with Gasteiger partial charge in [-0.25, -0.2) is 0 Å². The predicted octanol–water partition coefficient (Wildman–Crippen LogP) is 2.80. The van der Waals surface area contributed by atoms with Crippen molar-refractivity contribution in [2.45, 2.75) is 25.8 Å². The largest absolute Gasteiger partial charge is 0.384 e. The van der Waals surface area contributed by atoms with Crippen LogP contribution in [0.1, 0.15) is 30.5 Å². The van der Waals surface area contributed by atoms with Crippen molar-refractivity contribution in [1.29, 1.82) is 0 Å². The highest BCUT2D eigenvalue weighted by atomic mass is 14.9. The van der Waals surface area contributed by atoms with Crippen molar-refractivity contribution >= 4 is 0 Å². The molecular formula is C12H15N. The minimum atomic E-state index is 0.535. The molecule has 0 saturated carbocycles. The summed E-state index contributed by atoms with van der Waals surface area (Å²) in [6, 6.07) is 9.23. The maximum absolute atomic E-state index is 3.41. The number of benzene rings is 1.